The highest BCUT2D eigenvalue weighted by molar-refractivity contribution is 9.10. The average molecular weight is 341 g/mol. The molecule has 0 bridgehead atoms. The molecular weight excluding hydrogens is 333 g/mol. The van der Waals surface area contributed by atoms with E-state index in [1.54, 1.807) is 18.2 Å². The molecule has 0 saturated carbocycles. The zero-order chi connectivity index (χ0) is 14.7. The van der Waals surface area contributed by atoms with Gasteiger partial charge < -0.3 is 5.32 Å². The van der Waals surface area contributed by atoms with Gasteiger partial charge in [-0.1, -0.05) is 15.9 Å². The van der Waals surface area contributed by atoms with Crippen LogP contribution in [0.3, 0.4) is 0 Å². The van der Waals surface area contributed by atoms with Crippen molar-refractivity contribution in [1.82, 2.24) is 0 Å². The SMILES string of the molecule is N#Cc1cc(Br)ccc1NCc1cc(F)c(F)cc1F. The molecule has 0 aliphatic rings. The molecule has 0 spiro atoms. The third-order valence-corrected chi connectivity index (χ3v) is 3.15. The Morgan fingerprint density at radius 2 is 1.75 bits per heavy atom. The van der Waals surface area contributed by atoms with E-state index in [9.17, 15) is 13.2 Å². The molecule has 6 heteroatoms. The number of anilines is 1. The molecule has 0 aromatic heterocycles. The zero-order valence-corrected chi connectivity index (χ0v) is 11.6. The van der Waals surface area contributed by atoms with Crippen LogP contribution in [0.25, 0.3) is 0 Å². The number of halogens is 4. The van der Waals surface area contributed by atoms with Crippen molar-refractivity contribution in [3.05, 3.63) is 63.4 Å². The molecule has 2 aromatic rings. The van der Waals surface area contributed by atoms with Crippen LogP contribution < -0.4 is 5.32 Å². The Morgan fingerprint density at radius 1 is 1.05 bits per heavy atom. The van der Waals surface area contributed by atoms with Gasteiger partial charge in [0.25, 0.3) is 0 Å². The molecule has 20 heavy (non-hydrogen) atoms. The summed E-state index contributed by atoms with van der Waals surface area (Å²) >= 11 is 3.23. The standard InChI is InChI=1S/C14H8BrF3N2/c15-10-1-2-14(8(3-10)6-19)20-7-9-4-12(17)13(18)5-11(9)16/h1-5,20H,7H2. The van der Waals surface area contributed by atoms with Gasteiger partial charge in [0.2, 0.25) is 0 Å². The molecule has 0 heterocycles. The summed E-state index contributed by atoms with van der Waals surface area (Å²) in [5.41, 5.74) is 0.831. The highest BCUT2D eigenvalue weighted by Crippen LogP contribution is 2.22. The van der Waals surface area contributed by atoms with Gasteiger partial charge in [0, 0.05) is 22.6 Å². The highest BCUT2D eigenvalue weighted by atomic mass is 79.9. The number of nitrogens with one attached hydrogen (secondary N) is 1. The molecule has 0 fully saturated rings. The minimum Gasteiger partial charge on any atom is -0.380 e. The summed E-state index contributed by atoms with van der Waals surface area (Å²) in [4.78, 5) is 0. The van der Waals surface area contributed by atoms with Gasteiger partial charge in [-0.2, -0.15) is 5.26 Å². The Morgan fingerprint density at radius 3 is 2.45 bits per heavy atom. The number of benzene rings is 2. The maximum absolute atomic E-state index is 13.5. The van der Waals surface area contributed by atoms with Crippen LogP contribution >= 0.6 is 15.9 Å². The van der Waals surface area contributed by atoms with E-state index >= 15 is 0 Å². The van der Waals surface area contributed by atoms with E-state index in [-0.39, 0.29) is 12.1 Å². The fourth-order valence-corrected chi connectivity index (χ4v) is 2.01. The first kappa shape index (κ1) is 14.4. The van der Waals surface area contributed by atoms with E-state index in [2.05, 4.69) is 21.2 Å². The van der Waals surface area contributed by atoms with Gasteiger partial charge in [-0.15, -0.1) is 0 Å². The van der Waals surface area contributed by atoms with Gasteiger partial charge in [0.1, 0.15) is 11.9 Å². The van der Waals surface area contributed by atoms with Crippen LogP contribution in [0.15, 0.2) is 34.8 Å². The van der Waals surface area contributed by atoms with Crippen LogP contribution in [0.1, 0.15) is 11.1 Å². The second-order valence-electron chi connectivity index (χ2n) is 4.01. The van der Waals surface area contributed by atoms with Crippen molar-refractivity contribution in [2.24, 2.45) is 0 Å². The number of hydrogen-bond acceptors (Lipinski definition) is 2. The van der Waals surface area contributed by atoms with Crippen LogP contribution in [0.5, 0.6) is 0 Å². The molecule has 0 radical (unpaired) electrons. The Balaban J connectivity index is 2.21. The third kappa shape index (κ3) is 3.11. The van der Waals surface area contributed by atoms with E-state index in [0.717, 1.165) is 10.5 Å². The minimum atomic E-state index is -1.23. The fraction of sp³-hybridized carbons (Fsp3) is 0.0714. The van der Waals surface area contributed by atoms with Gasteiger partial charge in [-0.3, -0.25) is 0 Å². The summed E-state index contributed by atoms with van der Waals surface area (Å²) in [7, 11) is 0. The predicted molar refractivity (Wildman–Crippen MR) is 72.5 cm³/mol. The normalized spacial score (nSPS) is 10.2. The maximum atomic E-state index is 13.5. The molecule has 0 amide bonds. The predicted octanol–water partition coefficient (Wildman–Crippen LogP) is 4.35. The first-order valence-electron chi connectivity index (χ1n) is 5.58. The van der Waals surface area contributed by atoms with Crippen LogP contribution in [-0.4, -0.2) is 0 Å². The summed E-state index contributed by atoms with van der Waals surface area (Å²) < 4.78 is 40.1. The molecule has 0 aliphatic carbocycles. The summed E-state index contributed by atoms with van der Waals surface area (Å²) in [6, 6.07) is 8.23. The van der Waals surface area contributed by atoms with Crippen molar-refractivity contribution < 1.29 is 13.2 Å². The molecule has 2 nitrogen and oxygen atoms in total. The van der Waals surface area contributed by atoms with Crippen molar-refractivity contribution >= 4 is 21.6 Å². The highest BCUT2D eigenvalue weighted by Gasteiger charge is 2.10. The monoisotopic (exact) mass is 340 g/mol. The van der Waals surface area contributed by atoms with E-state index < -0.39 is 17.5 Å². The molecule has 0 unspecified atom stereocenters. The van der Waals surface area contributed by atoms with E-state index in [1.165, 1.54) is 0 Å². The summed E-state index contributed by atoms with van der Waals surface area (Å²) in [5, 5.41) is 11.8. The summed E-state index contributed by atoms with van der Waals surface area (Å²) in [5.74, 6) is -3.18. The molecule has 0 atom stereocenters. The summed E-state index contributed by atoms with van der Waals surface area (Å²) in [6.45, 7) is -0.0562. The van der Waals surface area contributed by atoms with Crippen LogP contribution in [0, 0.1) is 28.8 Å². The lowest BCUT2D eigenvalue weighted by Crippen LogP contribution is -2.05. The number of nitrogens with zero attached hydrogens (tertiary/aromatic N) is 1. The molecule has 0 aliphatic heterocycles. The molecule has 1 N–H and O–H groups in total. The van der Waals surface area contributed by atoms with Crippen molar-refractivity contribution in [2.45, 2.75) is 6.54 Å². The first-order chi connectivity index (χ1) is 9.51. The largest absolute Gasteiger partial charge is 0.380 e. The van der Waals surface area contributed by atoms with E-state index in [1.807, 2.05) is 6.07 Å². The average Bonchev–Trinajstić information content (AvgIpc) is 2.42. The molecule has 0 saturated heterocycles. The number of rotatable bonds is 3. The Kier molecular flexibility index (Phi) is 4.30. The van der Waals surface area contributed by atoms with Crippen molar-refractivity contribution in [2.75, 3.05) is 5.32 Å². The van der Waals surface area contributed by atoms with Crippen molar-refractivity contribution in [1.29, 1.82) is 5.26 Å². The Hall–Kier alpha value is -2.00. The van der Waals surface area contributed by atoms with E-state index in [4.69, 9.17) is 5.26 Å². The van der Waals surface area contributed by atoms with E-state index in [0.29, 0.717) is 17.3 Å². The smallest absolute Gasteiger partial charge is 0.161 e. The van der Waals surface area contributed by atoms with Gasteiger partial charge in [0.05, 0.1) is 11.3 Å². The molecule has 2 aromatic carbocycles. The van der Waals surface area contributed by atoms with Gasteiger partial charge in [-0.25, -0.2) is 13.2 Å². The number of nitriles is 1. The molecule has 2 rings (SSSR count). The van der Waals surface area contributed by atoms with Crippen LogP contribution in [0.4, 0.5) is 18.9 Å². The topological polar surface area (TPSA) is 35.8 Å². The lowest BCUT2D eigenvalue weighted by Gasteiger charge is -2.09. The van der Waals surface area contributed by atoms with Crippen LogP contribution in [-0.2, 0) is 6.54 Å². The summed E-state index contributed by atoms with van der Waals surface area (Å²) in [6.07, 6.45) is 0. The van der Waals surface area contributed by atoms with Gasteiger partial charge >= 0.3 is 0 Å². The quantitative estimate of drug-likeness (QED) is 0.843. The van der Waals surface area contributed by atoms with Crippen LogP contribution in [0.2, 0.25) is 0 Å². The van der Waals surface area contributed by atoms with Crippen molar-refractivity contribution in [3.63, 3.8) is 0 Å². The second kappa shape index (κ2) is 5.97. The molecule has 102 valence electrons. The number of hydrogen-bond donors (Lipinski definition) is 1. The second-order valence-corrected chi connectivity index (χ2v) is 4.93. The Bertz CT molecular complexity index is 696. The minimum absolute atomic E-state index is 0.0179. The fourth-order valence-electron chi connectivity index (χ4n) is 1.65. The lowest BCUT2D eigenvalue weighted by molar-refractivity contribution is 0.490. The van der Waals surface area contributed by atoms with Crippen molar-refractivity contribution in [3.8, 4) is 6.07 Å². The zero-order valence-electron chi connectivity index (χ0n) is 10.1. The first-order valence-corrected chi connectivity index (χ1v) is 6.37. The van der Waals surface area contributed by atoms with Gasteiger partial charge in [-0.05, 0) is 24.3 Å². The maximum Gasteiger partial charge on any atom is 0.161 e. The Labute approximate surface area is 122 Å². The van der Waals surface area contributed by atoms with Gasteiger partial charge in [0.15, 0.2) is 11.6 Å². The lowest BCUT2D eigenvalue weighted by atomic mass is 10.1. The molecular formula is C14H8BrF3N2. The third-order valence-electron chi connectivity index (χ3n) is 2.66.